The minimum Gasteiger partial charge on any atom is -0.496 e. The number of nitrogens with one attached hydrogen (secondary N) is 3. The van der Waals surface area contributed by atoms with Crippen molar-refractivity contribution >= 4 is 17.5 Å². The first kappa shape index (κ1) is 25.6. The van der Waals surface area contributed by atoms with Gasteiger partial charge < -0.3 is 31.6 Å². The monoisotopic (exact) mass is 487 g/mol. The van der Waals surface area contributed by atoms with Crippen LogP contribution in [0.25, 0.3) is 0 Å². The van der Waals surface area contributed by atoms with Crippen LogP contribution in [0.3, 0.4) is 0 Å². The molecule has 0 bridgehead atoms. The van der Waals surface area contributed by atoms with E-state index in [0.717, 1.165) is 18.2 Å². The Morgan fingerprint density at radius 1 is 1.14 bits per heavy atom. The molecule has 0 aliphatic carbocycles. The molecule has 1 saturated heterocycles. The molecule has 0 saturated carbocycles. The summed E-state index contributed by atoms with van der Waals surface area (Å²) in [6.45, 7) is 0.886. The van der Waals surface area contributed by atoms with Gasteiger partial charge in [-0.2, -0.15) is 0 Å². The normalized spacial score (nSPS) is 14.6. The van der Waals surface area contributed by atoms with Crippen molar-refractivity contribution < 1.29 is 27.8 Å². The SMILES string of the molecule is COc1ccc(F)cc1C(=O)NCc1ccc(C(=N)/C(C(N)=O)=C(/N)NC2CCOCC2)cc1F. The Balaban J connectivity index is 1.74. The van der Waals surface area contributed by atoms with Crippen molar-refractivity contribution in [3.05, 3.63) is 76.1 Å². The second kappa shape index (κ2) is 11.4. The Morgan fingerprint density at radius 2 is 1.86 bits per heavy atom. The molecule has 1 aliphatic heterocycles. The highest BCUT2D eigenvalue weighted by molar-refractivity contribution is 6.26. The van der Waals surface area contributed by atoms with Gasteiger partial charge in [-0.3, -0.25) is 15.0 Å². The van der Waals surface area contributed by atoms with E-state index in [1.54, 1.807) is 0 Å². The number of amides is 2. The van der Waals surface area contributed by atoms with Gasteiger partial charge in [0, 0.05) is 36.9 Å². The van der Waals surface area contributed by atoms with Crippen LogP contribution in [0.1, 0.15) is 34.3 Å². The van der Waals surface area contributed by atoms with Gasteiger partial charge >= 0.3 is 0 Å². The van der Waals surface area contributed by atoms with E-state index < -0.39 is 23.4 Å². The molecule has 0 aromatic heterocycles. The maximum absolute atomic E-state index is 14.8. The number of methoxy groups -OCH3 is 1. The van der Waals surface area contributed by atoms with E-state index in [4.69, 9.17) is 26.4 Å². The lowest BCUT2D eigenvalue weighted by atomic mass is 9.99. The Bertz CT molecular complexity index is 1160. The third-order valence-electron chi connectivity index (χ3n) is 5.53. The molecule has 0 unspecified atom stereocenters. The molecule has 1 heterocycles. The third-order valence-corrected chi connectivity index (χ3v) is 5.53. The quantitative estimate of drug-likeness (QED) is 0.268. The molecule has 1 aliphatic rings. The van der Waals surface area contributed by atoms with Crippen molar-refractivity contribution in [3.8, 4) is 5.75 Å². The Hall–Kier alpha value is -3.99. The van der Waals surface area contributed by atoms with Gasteiger partial charge in [0.2, 0.25) is 0 Å². The molecule has 2 aromatic rings. The molecule has 11 heteroatoms. The molecule has 2 aromatic carbocycles. The Morgan fingerprint density at radius 3 is 2.49 bits per heavy atom. The molecule has 0 spiro atoms. The Labute approximate surface area is 201 Å². The summed E-state index contributed by atoms with van der Waals surface area (Å²) in [6, 6.07) is 7.29. The predicted octanol–water partition coefficient (Wildman–Crippen LogP) is 1.70. The summed E-state index contributed by atoms with van der Waals surface area (Å²) in [4.78, 5) is 24.5. The largest absolute Gasteiger partial charge is 0.496 e. The van der Waals surface area contributed by atoms with Gasteiger partial charge in [-0.25, -0.2) is 8.78 Å². The molecule has 1 fully saturated rings. The summed E-state index contributed by atoms with van der Waals surface area (Å²) in [7, 11) is 1.35. The summed E-state index contributed by atoms with van der Waals surface area (Å²) in [5, 5.41) is 13.9. The van der Waals surface area contributed by atoms with Crippen LogP contribution in [-0.4, -0.2) is 43.9 Å². The van der Waals surface area contributed by atoms with Gasteiger partial charge in [0.15, 0.2) is 0 Å². The predicted molar refractivity (Wildman–Crippen MR) is 125 cm³/mol. The molecular weight excluding hydrogens is 460 g/mol. The number of hydrogen-bond donors (Lipinski definition) is 5. The van der Waals surface area contributed by atoms with E-state index in [1.165, 1.54) is 25.3 Å². The average molecular weight is 488 g/mol. The Kier molecular flexibility index (Phi) is 8.37. The van der Waals surface area contributed by atoms with E-state index in [-0.39, 0.29) is 52.1 Å². The van der Waals surface area contributed by atoms with Gasteiger partial charge in [-0.15, -0.1) is 0 Å². The second-order valence-corrected chi connectivity index (χ2v) is 7.89. The van der Waals surface area contributed by atoms with Crippen molar-refractivity contribution in [1.82, 2.24) is 10.6 Å². The summed E-state index contributed by atoms with van der Waals surface area (Å²) in [6.07, 6.45) is 1.35. The fraction of sp³-hybridized carbons (Fsp3) is 0.292. The lowest BCUT2D eigenvalue weighted by Gasteiger charge is -2.25. The zero-order valence-electron chi connectivity index (χ0n) is 19.1. The zero-order chi connectivity index (χ0) is 25.5. The van der Waals surface area contributed by atoms with Gasteiger partial charge in [-0.05, 0) is 37.1 Å². The number of hydrogen-bond acceptors (Lipinski definition) is 7. The second-order valence-electron chi connectivity index (χ2n) is 7.89. The molecule has 9 nitrogen and oxygen atoms in total. The highest BCUT2D eigenvalue weighted by Crippen LogP contribution is 2.20. The van der Waals surface area contributed by atoms with Crippen LogP contribution >= 0.6 is 0 Å². The number of primary amides is 1. The van der Waals surface area contributed by atoms with Crippen LogP contribution in [0.2, 0.25) is 0 Å². The standard InChI is InChI=1S/C24H27F2N5O4/c1-34-19-5-4-15(25)11-17(19)24(33)30-12-14-3-2-13(10-18(14)26)21(27)20(23(29)32)22(28)31-16-6-8-35-9-7-16/h2-5,10-11,16,27,31H,6-9,12,28H2,1H3,(H2,29,32)(H,30,33)/b22-20+,27-21?. The first-order valence-electron chi connectivity index (χ1n) is 10.8. The number of carbonyl (C=O) groups is 2. The maximum atomic E-state index is 14.8. The minimum atomic E-state index is -0.923. The van der Waals surface area contributed by atoms with Crippen molar-refractivity contribution in [2.75, 3.05) is 20.3 Å². The maximum Gasteiger partial charge on any atom is 0.255 e. The first-order chi connectivity index (χ1) is 16.7. The zero-order valence-corrected chi connectivity index (χ0v) is 19.1. The number of nitrogens with two attached hydrogens (primary N) is 2. The van der Waals surface area contributed by atoms with E-state index >= 15 is 0 Å². The van der Waals surface area contributed by atoms with E-state index in [0.29, 0.717) is 26.1 Å². The molecule has 35 heavy (non-hydrogen) atoms. The summed E-state index contributed by atoms with van der Waals surface area (Å²) in [5.41, 5.74) is 11.1. The summed E-state index contributed by atoms with van der Waals surface area (Å²) >= 11 is 0. The summed E-state index contributed by atoms with van der Waals surface area (Å²) in [5.74, 6) is -2.80. The highest BCUT2D eigenvalue weighted by Gasteiger charge is 2.22. The van der Waals surface area contributed by atoms with Crippen LogP contribution in [0.5, 0.6) is 5.75 Å². The van der Waals surface area contributed by atoms with E-state index in [1.807, 2.05) is 0 Å². The average Bonchev–Trinajstić information content (AvgIpc) is 2.83. The molecule has 186 valence electrons. The topological polar surface area (TPSA) is 153 Å². The smallest absolute Gasteiger partial charge is 0.255 e. The van der Waals surface area contributed by atoms with Crippen molar-refractivity contribution in [1.29, 1.82) is 5.41 Å². The van der Waals surface area contributed by atoms with Crippen LogP contribution in [0.4, 0.5) is 8.78 Å². The van der Waals surface area contributed by atoms with Crippen molar-refractivity contribution in [2.24, 2.45) is 11.5 Å². The molecule has 7 N–H and O–H groups in total. The van der Waals surface area contributed by atoms with Gasteiger partial charge in [-0.1, -0.05) is 12.1 Å². The van der Waals surface area contributed by atoms with Crippen LogP contribution in [0.15, 0.2) is 47.8 Å². The number of halogens is 2. The third kappa shape index (κ3) is 6.33. The van der Waals surface area contributed by atoms with Gasteiger partial charge in [0.05, 0.1) is 18.4 Å². The molecule has 2 amide bonds. The number of rotatable bonds is 9. The highest BCUT2D eigenvalue weighted by atomic mass is 19.1. The van der Waals surface area contributed by atoms with Crippen LogP contribution in [-0.2, 0) is 16.1 Å². The number of benzene rings is 2. The molecule has 0 atom stereocenters. The molecular formula is C24H27F2N5O4. The fourth-order valence-corrected chi connectivity index (χ4v) is 3.64. The lowest BCUT2D eigenvalue weighted by molar-refractivity contribution is -0.114. The van der Waals surface area contributed by atoms with E-state index in [9.17, 15) is 18.4 Å². The van der Waals surface area contributed by atoms with Crippen molar-refractivity contribution in [3.63, 3.8) is 0 Å². The number of ether oxygens (including phenoxy) is 2. The number of carbonyl (C=O) groups excluding carboxylic acids is 2. The fourth-order valence-electron chi connectivity index (χ4n) is 3.64. The van der Waals surface area contributed by atoms with Crippen molar-refractivity contribution in [2.45, 2.75) is 25.4 Å². The first-order valence-corrected chi connectivity index (χ1v) is 10.8. The van der Waals surface area contributed by atoms with Gasteiger partial charge in [0.1, 0.15) is 28.8 Å². The van der Waals surface area contributed by atoms with Gasteiger partial charge in [0.25, 0.3) is 11.8 Å². The van der Waals surface area contributed by atoms with E-state index in [2.05, 4.69) is 10.6 Å². The lowest BCUT2D eigenvalue weighted by Crippen LogP contribution is -2.40. The van der Waals surface area contributed by atoms with Crippen LogP contribution < -0.4 is 26.8 Å². The summed E-state index contributed by atoms with van der Waals surface area (Å²) < 4.78 is 38.7. The van der Waals surface area contributed by atoms with Crippen LogP contribution in [0, 0.1) is 17.0 Å². The minimum absolute atomic E-state index is 0.0324. The molecule has 0 radical (unpaired) electrons. The molecule has 3 rings (SSSR count).